The Kier molecular flexibility index (Phi) is 5.73. The molecule has 0 atom stereocenters. The van der Waals surface area contributed by atoms with Crippen LogP contribution in [0, 0.1) is 0 Å². The first kappa shape index (κ1) is 20.5. The number of nitrogens with two attached hydrogens (primary N) is 1. The van der Waals surface area contributed by atoms with Gasteiger partial charge in [0.25, 0.3) is 5.56 Å². The van der Waals surface area contributed by atoms with Crippen molar-refractivity contribution in [3.05, 3.63) is 75.6 Å². The standard InChI is InChI=1S/C21H18N2O7/c1-29-14-4-2-3-11(9-14)10-30-13-7-5-12(6-8-13)15-16(20(25)26)18(22)23-19(24)17(15)21(27)28/h2-9H,10H2,1H3,(H,25,26)(H,27,28)(H3,22,23,24). The zero-order valence-corrected chi connectivity index (χ0v) is 15.8. The van der Waals surface area contributed by atoms with Crippen molar-refractivity contribution in [1.82, 2.24) is 4.98 Å². The fourth-order valence-corrected chi connectivity index (χ4v) is 2.98. The smallest absolute Gasteiger partial charge is 0.342 e. The first-order valence-electron chi connectivity index (χ1n) is 8.70. The van der Waals surface area contributed by atoms with E-state index in [0.717, 1.165) is 5.56 Å². The van der Waals surface area contributed by atoms with Gasteiger partial charge in [-0.15, -0.1) is 0 Å². The van der Waals surface area contributed by atoms with Crippen LogP contribution in [0.2, 0.25) is 0 Å². The number of carboxylic acids is 2. The summed E-state index contributed by atoms with van der Waals surface area (Å²) in [7, 11) is 1.57. The number of rotatable bonds is 7. The molecular weight excluding hydrogens is 392 g/mol. The normalized spacial score (nSPS) is 10.4. The van der Waals surface area contributed by atoms with E-state index >= 15 is 0 Å². The number of hydrogen-bond acceptors (Lipinski definition) is 6. The van der Waals surface area contributed by atoms with Gasteiger partial charge in [0.1, 0.15) is 35.1 Å². The van der Waals surface area contributed by atoms with Crippen LogP contribution in [-0.2, 0) is 6.61 Å². The lowest BCUT2D eigenvalue weighted by atomic mass is 9.95. The minimum Gasteiger partial charge on any atom is -0.497 e. The molecule has 0 amide bonds. The Morgan fingerprint density at radius 3 is 2.27 bits per heavy atom. The van der Waals surface area contributed by atoms with Crippen LogP contribution in [0.3, 0.4) is 0 Å². The monoisotopic (exact) mass is 410 g/mol. The van der Waals surface area contributed by atoms with Crippen LogP contribution in [0.25, 0.3) is 11.1 Å². The van der Waals surface area contributed by atoms with E-state index in [0.29, 0.717) is 11.5 Å². The number of aromatic amines is 1. The second kappa shape index (κ2) is 8.39. The topological polar surface area (TPSA) is 152 Å². The molecule has 5 N–H and O–H groups in total. The molecular formula is C21H18N2O7. The molecule has 0 spiro atoms. The molecule has 154 valence electrons. The zero-order chi connectivity index (χ0) is 21.8. The molecule has 0 bridgehead atoms. The highest BCUT2D eigenvalue weighted by atomic mass is 16.5. The van der Waals surface area contributed by atoms with Crippen molar-refractivity contribution in [2.45, 2.75) is 6.61 Å². The van der Waals surface area contributed by atoms with Crippen LogP contribution in [0.1, 0.15) is 26.3 Å². The van der Waals surface area contributed by atoms with E-state index < -0.39 is 34.4 Å². The molecule has 0 aliphatic carbocycles. The number of nitrogens with one attached hydrogen (secondary N) is 1. The molecule has 0 aliphatic rings. The van der Waals surface area contributed by atoms with E-state index in [1.54, 1.807) is 19.2 Å². The predicted octanol–water partition coefficient (Wildman–Crippen LogP) is 2.61. The van der Waals surface area contributed by atoms with Crippen LogP contribution in [0.4, 0.5) is 5.82 Å². The van der Waals surface area contributed by atoms with Crippen LogP contribution in [0.15, 0.2) is 53.3 Å². The number of methoxy groups -OCH3 is 1. The maximum Gasteiger partial charge on any atom is 0.342 e. The van der Waals surface area contributed by atoms with Crippen LogP contribution in [-0.4, -0.2) is 34.2 Å². The molecule has 0 saturated heterocycles. The number of aromatic carboxylic acids is 2. The minimum atomic E-state index is -1.56. The lowest BCUT2D eigenvalue weighted by Crippen LogP contribution is -2.24. The molecule has 0 radical (unpaired) electrons. The SMILES string of the molecule is COc1cccc(COc2ccc(-c3c(C(=O)O)c(N)[nH]c(=O)c3C(=O)O)cc2)c1. The molecule has 3 rings (SSSR count). The highest BCUT2D eigenvalue weighted by Crippen LogP contribution is 2.30. The van der Waals surface area contributed by atoms with Gasteiger partial charge < -0.3 is 30.4 Å². The third-order valence-electron chi connectivity index (χ3n) is 4.35. The summed E-state index contributed by atoms with van der Waals surface area (Å²) in [4.78, 5) is 37.4. The number of carboxylic acid groups (broad SMARTS) is 2. The van der Waals surface area contributed by atoms with Gasteiger partial charge in [-0.3, -0.25) is 4.79 Å². The highest BCUT2D eigenvalue weighted by Gasteiger charge is 2.26. The summed E-state index contributed by atoms with van der Waals surface area (Å²) in [6, 6.07) is 13.4. The lowest BCUT2D eigenvalue weighted by Gasteiger charge is -2.13. The van der Waals surface area contributed by atoms with E-state index in [-0.39, 0.29) is 17.7 Å². The Hall–Kier alpha value is -4.27. The summed E-state index contributed by atoms with van der Waals surface area (Å²) >= 11 is 0. The first-order valence-corrected chi connectivity index (χ1v) is 8.70. The van der Waals surface area contributed by atoms with Gasteiger partial charge in [0.2, 0.25) is 0 Å². The third-order valence-corrected chi connectivity index (χ3v) is 4.35. The number of benzene rings is 2. The van der Waals surface area contributed by atoms with Gasteiger partial charge in [0, 0.05) is 5.56 Å². The Morgan fingerprint density at radius 2 is 1.67 bits per heavy atom. The van der Waals surface area contributed by atoms with Gasteiger partial charge in [-0.25, -0.2) is 9.59 Å². The Bertz CT molecular complexity index is 1170. The number of nitrogen functional groups attached to an aromatic ring is 1. The van der Waals surface area contributed by atoms with Gasteiger partial charge in [0.15, 0.2) is 0 Å². The first-order chi connectivity index (χ1) is 14.3. The van der Waals surface area contributed by atoms with E-state index in [1.807, 2.05) is 24.3 Å². The molecule has 9 nitrogen and oxygen atoms in total. The molecule has 1 aromatic heterocycles. The van der Waals surface area contributed by atoms with Crippen molar-refractivity contribution < 1.29 is 29.3 Å². The fourth-order valence-electron chi connectivity index (χ4n) is 2.98. The lowest BCUT2D eigenvalue weighted by molar-refractivity contribution is 0.0695. The van der Waals surface area contributed by atoms with Gasteiger partial charge in [-0.1, -0.05) is 24.3 Å². The number of ether oxygens (including phenoxy) is 2. The second-order valence-electron chi connectivity index (χ2n) is 6.27. The Labute approximate surface area is 170 Å². The third kappa shape index (κ3) is 4.09. The predicted molar refractivity (Wildman–Crippen MR) is 108 cm³/mol. The zero-order valence-electron chi connectivity index (χ0n) is 15.8. The summed E-state index contributed by atoms with van der Waals surface area (Å²) in [5.74, 6) is -2.29. The average Bonchev–Trinajstić information content (AvgIpc) is 2.71. The fraction of sp³-hybridized carbons (Fsp3) is 0.0952. The van der Waals surface area contributed by atoms with Crippen molar-refractivity contribution in [3.8, 4) is 22.6 Å². The largest absolute Gasteiger partial charge is 0.497 e. The van der Waals surface area contributed by atoms with E-state index in [9.17, 15) is 24.6 Å². The number of hydrogen-bond donors (Lipinski definition) is 4. The number of pyridine rings is 1. The molecule has 0 aliphatic heterocycles. The van der Waals surface area contributed by atoms with E-state index in [4.69, 9.17) is 15.2 Å². The number of carbonyl (C=O) groups is 2. The molecule has 3 aromatic rings. The summed E-state index contributed by atoms with van der Waals surface area (Å²) in [5.41, 5.74) is 4.27. The summed E-state index contributed by atoms with van der Waals surface area (Å²) in [5, 5.41) is 18.9. The molecule has 2 aromatic carbocycles. The van der Waals surface area contributed by atoms with Gasteiger partial charge in [-0.05, 0) is 35.4 Å². The second-order valence-corrected chi connectivity index (χ2v) is 6.27. The molecule has 0 fully saturated rings. The van der Waals surface area contributed by atoms with Crippen molar-refractivity contribution in [2.75, 3.05) is 12.8 Å². The van der Waals surface area contributed by atoms with Crippen molar-refractivity contribution in [2.24, 2.45) is 0 Å². The molecule has 30 heavy (non-hydrogen) atoms. The molecule has 0 saturated carbocycles. The van der Waals surface area contributed by atoms with E-state index in [1.165, 1.54) is 12.1 Å². The number of H-pyrrole nitrogens is 1. The van der Waals surface area contributed by atoms with Crippen molar-refractivity contribution in [1.29, 1.82) is 0 Å². The quantitative estimate of drug-likeness (QED) is 0.464. The molecule has 0 unspecified atom stereocenters. The highest BCUT2D eigenvalue weighted by molar-refractivity contribution is 6.07. The summed E-state index contributed by atoms with van der Waals surface area (Å²) < 4.78 is 10.9. The summed E-state index contributed by atoms with van der Waals surface area (Å²) in [6.07, 6.45) is 0. The van der Waals surface area contributed by atoms with Crippen LogP contribution >= 0.6 is 0 Å². The van der Waals surface area contributed by atoms with Gasteiger partial charge in [-0.2, -0.15) is 0 Å². The van der Waals surface area contributed by atoms with Crippen molar-refractivity contribution >= 4 is 17.8 Å². The number of anilines is 1. The molecule has 9 heteroatoms. The van der Waals surface area contributed by atoms with E-state index in [2.05, 4.69) is 4.98 Å². The maximum atomic E-state index is 12.1. The maximum absolute atomic E-state index is 12.1. The van der Waals surface area contributed by atoms with Gasteiger partial charge >= 0.3 is 11.9 Å². The molecule has 1 heterocycles. The van der Waals surface area contributed by atoms with Crippen molar-refractivity contribution in [3.63, 3.8) is 0 Å². The minimum absolute atomic E-state index is 0.205. The van der Waals surface area contributed by atoms with Crippen LogP contribution in [0.5, 0.6) is 11.5 Å². The summed E-state index contributed by atoms with van der Waals surface area (Å²) in [6.45, 7) is 0.259. The Balaban J connectivity index is 1.95. The Morgan fingerprint density at radius 1 is 1.00 bits per heavy atom. The van der Waals surface area contributed by atoms with Gasteiger partial charge in [0.05, 0.1) is 7.11 Å². The van der Waals surface area contributed by atoms with Crippen LogP contribution < -0.4 is 20.8 Å². The average molecular weight is 410 g/mol. The number of aromatic nitrogens is 1.